The molecule has 0 N–H and O–H groups in total. The smallest absolute Gasteiger partial charge is 0.216 e. The summed E-state index contributed by atoms with van der Waals surface area (Å²) in [6.07, 6.45) is 3.48. The third-order valence-electron chi connectivity index (χ3n) is 3.67. The van der Waals surface area contributed by atoms with Gasteiger partial charge in [-0.25, -0.2) is 13.4 Å². The third kappa shape index (κ3) is 3.24. The number of ether oxygens (including phenoxy) is 1. The van der Waals surface area contributed by atoms with Crippen molar-refractivity contribution in [1.29, 1.82) is 0 Å². The second kappa shape index (κ2) is 6.24. The maximum atomic E-state index is 12.8. The number of hydrogen-bond acceptors (Lipinski definition) is 4. The third-order valence-corrected chi connectivity index (χ3v) is 6.56. The zero-order valence-corrected chi connectivity index (χ0v) is 14.3. The highest BCUT2D eigenvalue weighted by atomic mass is 32.2. The zero-order chi connectivity index (χ0) is 16.4. The van der Waals surface area contributed by atoms with Crippen LogP contribution >= 0.6 is 0 Å². The molecule has 0 fully saturated rings. The Morgan fingerprint density at radius 2 is 1.91 bits per heavy atom. The predicted octanol–water partition coefficient (Wildman–Crippen LogP) is 2.99. The van der Waals surface area contributed by atoms with Crippen LogP contribution in [0.4, 0.5) is 0 Å². The van der Waals surface area contributed by atoms with Gasteiger partial charge in [-0.2, -0.15) is 0 Å². The van der Waals surface area contributed by atoms with Crippen LogP contribution in [0.5, 0.6) is 0 Å². The van der Waals surface area contributed by atoms with E-state index < -0.39 is 25.9 Å². The summed E-state index contributed by atoms with van der Waals surface area (Å²) in [6, 6.07) is 9.14. The summed E-state index contributed by atoms with van der Waals surface area (Å²) in [5.41, 5.74) is 0.873. The zero-order valence-electron chi connectivity index (χ0n) is 13.5. The Morgan fingerprint density at radius 3 is 2.45 bits per heavy atom. The van der Waals surface area contributed by atoms with Gasteiger partial charge in [-0.1, -0.05) is 30.4 Å². The lowest BCUT2D eigenvalue weighted by atomic mass is 10.2. The van der Waals surface area contributed by atoms with Crippen molar-refractivity contribution in [2.24, 2.45) is 4.99 Å². The number of hydrogen-bond donors (Lipinski definition) is 0. The van der Waals surface area contributed by atoms with Gasteiger partial charge in [0.05, 0.1) is 4.75 Å². The second-order valence-corrected chi connectivity index (χ2v) is 9.19. The normalized spacial score (nSPS) is 20.7. The summed E-state index contributed by atoms with van der Waals surface area (Å²) in [7, 11) is -3.36. The van der Waals surface area contributed by atoms with Gasteiger partial charge in [-0.05, 0) is 39.8 Å². The first-order chi connectivity index (χ1) is 10.3. The average Bonchev–Trinajstić information content (AvgIpc) is 2.93. The van der Waals surface area contributed by atoms with E-state index in [1.54, 1.807) is 32.9 Å². The van der Waals surface area contributed by atoms with E-state index in [1.165, 1.54) is 0 Å². The van der Waals surface area contributed by atoms with Crippen molar-refractivity contribution in [1.82, 2.24) is 0 Å². The number of aliphatic imine (C=N–C) groups is 1. The summed E-state index contributed by atoms with van der Waals surface area (Å²) in [5.74, 6) is 0.518. The van der Waals surface area contributed by atoms with E-state index in [0.717, 1.165) is 5.56 Å². The molecular formula is C17H23NO3S. The molecule has 2 rings (SSSR count). The molecule has 0 saturated carbocycles. The number of sulfone groups is 1. The van der Waals surface area contributed by atoms with Crippen LogP contribution in [0, 0.1) is 0 Å². The molecule has 0 unspecified atom stereocenters. The van der Waals surface area contributed by atoms with Gasteiger partial charge >= 0.3 is 0 Å². The Bertz CT molecular complexity index is 670. The predicted molar refractivity (Wildman–Crippen MR) is 90.0 cm³/mol. The molecule has 2 atom stereocenters. The molecular weight excluding hydrogens is 298 g/mol. The van der Waals surface area contributed by atoms with E-state index in [-0.39, 0.29) is 6.61 Å². The molecule has 0 saturated heterocycles. The van der Waals surface area contributed by atoms with Crippen molar-refractivity contribution in [2.75, 3.05) is 6.61 Å². The van der Waals surface area contributed by atoms with E-state index in [0.29, 0.717) is 5.90 Å². The first-order valence-electron chi connectivity index (χ1n) is 7.39. The highest BCUT2D eigenvalue weighted by molar-refractivity contribution is 7.93. The largest absolute Gasteiger partial charge is 0.475 e. The molecule has 0 aromatic heterocycles. The van der Waals surface area contributed by atoms with E-state index in [9.17, 15) is 8.42 Å². The van der Waals surface area contributed by atoms with Crippen molar-refractivity contribution >= 4 is 15.7 Å². The fraction of sp³-hybridized carbons (Fsp3) is 0.471. The second-order valence-electron chi connectivity index (χ2n) is 6.33. The quantitative estimate of drug-likeness (QED) is 0.801. The van der Waals surface area contributed by atoms with Crippen molar-refractivity contribution in [2.45, 2.75) is 43.7 Å². The van der Waals surface area contributed by atoms with E-state index in [1.807, 2.05) is 37.3 Å². The minimum Gasteiger partial charge on any atom is -0.475 e. The first kappa shape index (κ1) is 16.7. The van der Waals surface area contributed by atoms with Crippen LogP contribution in [-0.2, 0) is 14.6 Å². The molecule has 0 radical (unpaired) electrons. The minimum absolute atomic E-state index is 0.286. The molecule has 22 heavy (non-hydrogen) atoms. The van der Waals surface area contributed by atoms with Crippen LogP contribution in [0.1, 0.15) is 33.3 Å². The molecule has 1 aliphatic rings. The van der Waals surface area contributed by atoms with Gasteiger partial charge in [0.2, 0.25) is 5.90 Å². The van der Waals surface area contributed by atoms with Gasteiger partial charge < -0.3 is 4.74 Å². The van der Waals surface area contributed by atoms with E-state index >= 15 is 0 Å². The minimum atomic E-state index is -3.36. The van der Waals surface area contributed by atoms with Crippen LogP contribution in [0.15, 0.2) is 47.5 Å². The Labute approximate surface area is 132 Å². The van der Waals surface area contributed by atoms with Gasteiger partial charge in [0, 0.05) is 5.56 Å². The number of nitrogens with zero attached hydrogens (tertiary/aromatic N) is 1. The standard InChI is InChI=1S/C17H23NO3S/c1-5-9-15(22(19,20)17(2,3)4)14-12-21-16(18-14)13-10-7-6-8-11-13/h5-11,14-15H,12H2,1-4H3/b9-5+/t14-,15-/m1/s1. The summed E-state index contributed by atoms with van der Waals surface area (Å²) in [5, 5.41) is -0.668. The van der Waals surface area contributed by atoms with Crippen LogP contribution in [0.2, 0.25) is 0 Å². The maximum Gasteiger partial charge on any atom is 0.216 e. The molecule has 0 spiro atoms. The van der Waals surface area contributed by atoms with E-state index in [2.05, 4.69) is 4.99 Å². The van der Waals surface area contributed by atoms with Gasteiger partial charge in [-0.15, -0.1) is 0 Å². The Hall–Kier alpha value is -1.62. The molecule has 4 nitrogen and oxygen atoms in total. The van der Waals surface area contributed by atoms with Crippen molar-refractivity contribution in [3.63, 3.8) is 0 Å². The number of benzene rings is 1. The summed E-state index contributed by atoms with van der Waals surface area (Å²) in [6.45, 7) is 7.26. The lowest BCUT2D eigenvalue weighted by Gasteiger charge is -2.26. The van der Waals surface area contributed by atoms with Gasteiger partial charge in [-0.3, -0.25) is 0 Å². The number of allylic oxidation sites excluding steroid dienone is 1. The lowest BCUT2D eigenvalue weighted by molar-refractivity contribution is 0.317. The van der Waals surface area contributed by atoms with Crippen LogP contribution in [0.3, 0.4) is 0 Å². The van der Waals surface area contributed by atoms with Gasteiger partial charge in [0.15, 0.2) is 9.84 Å². The average molecular weight is 321 g/mol. The fourth-order valence-electron chi connectivity index (χ4n) is 2.33. The molecule has 0 amide bonds. The van der Waals surface area contributed by atoms with Crippen molar-refractivity contribution in [3.05, 3.63) is 48.0 Å². The number of rotatable bonds is 4. The molecule has 1 aromatic carbocycles. The topological polar surface area (TPSA) is 55.7 Å². The first-order valence-corrected chi connectivity index (χ1v) is 8.94. The van der Waals surface area contributed by atoms with Crippen LogP contribution in [-0.4, -0.2) is 37.0 Å². The Balaban J connectivity index is 2.35. The lowest BCUT2D eigenvalue weighted by Crippen LogP contribution is -2.42. The molecule has 0 aliphatic carbocycles. The molecule has 0 bridgehead atoms. The molecule has 120 valence electrons. The Kier molecular flexibility index (Phi) is 4.75. The van der Waals surface area contributed by atoms with Crippen LogP contribution < -0.4 is 0 Å². The molecule has 1 aliphatic heterocycles. The highest BCUT2D eigenvalue weighted by Gasteiger charge is 2.42. The SMILES string of the molecule is C/C=C/[C@H]([C@H]1COC(c2ccccc2)=N1)S(=O)(=O)C(C)(C)C. The summed E-state index contributed by atoms with van der Waals surface area (Å²) in [4.78, 5) is 4.52. The van der Waals surface area contributed by atoms with Crippen molar-refractivity contribution < 1.29 is 13.2 Å². The molecule has 1 heterocycles. The summed E-state index contributed by atoms with van der Waals surface area (Å²) < 4.78 is 30.4. The van der Waals surface area contributed by atoms with Crippen molar-refractivity contribution in [3.8, 4) is 0 Å². The van der Waals surface area contributed by atoms with Gasteiger partial charge in [0.1, 0.15) is 17.9 Å². The molecule has 5 heteroatoms. The highest BCUT2D eigenvalue weighted by Crippen LogP contribution is 2.27. The van der Waals surface area contributed by atoms with Gasteiger partial charge in [0.25, 0.3) is 0 Å². The summed E-state index contributed by atoms with van der Waals surface area (Å²) >= 11 is 0. The molecule has 1 aromatic rings. The maximum absolute atomic E-state index is 12.8. The van der Waals surface area contributed by atoms with E-state index in [4.69, 9.17) is 4.74 Å². The monoisotopic (exact) mass is 321 g/mol. The Morgan fingerprint density at radius 1 is 1.27 bits per heavy atom. The fourth-order valence-corrected chi connectivity index (χ4v) is 4.07. The van der Waals surface area contributed by atoms with Crippen LogP contribution in [0.25, 0.3) is 0 Å².